The molecule has 0 saturated heterocycles. The summed E-state index contributed by atoms with van der Waals surface area (Å²) in [5, 5.41) is 13.4. The van der Waals surface area contributed by atoms with Gasteiger partial charge in [-0.3, -0.25) is 0 Å². The number of aromatic nitrogens is 2. The molecule has 6 heteroatoms. The molecule has 4 nitrogen and oxygen atoms in total. The maximum absolute atomic E-state index is 13.9. The minimum absolute atomic E-state index is 0.0534. The number of nitrogens with two attached hydrogens (primary N) is 1. The Hall–Kier alpha value is -2.42. The van der Waals surface area contributed by atoms with Crippen LogP contribution < -0.4 is 5.73 Å². The van der Waals surface area contributed by atoms with Crippen LogP contribution in [-0.4, -0.2) is 9.78 Å². The predicted molar refractivity (Wildman–Crippen MR) is 71.7 cm³/mol. The first-order valence-corrected chi connectivity index (χ1v) is 6.00. The third kappa shape index (κ3) is 2.23. The first kappa shape index (κ1) is 14.0. The highest BCUT2D eigenvalue weighted by molar-refractivity contribution is 5.73. The number of nitrogen functional groups attached to an aromatic ring is 1. The lowest BCUT2D eigenvalue weighted by Crippen LogP contribution is -2.24. The molecule has 2 N–H and O–H groups in total. The van der Waals surface area contributed by atoms with Crippen molar-refractivity contribution in [1.29, 1.82) is 5.26 Å². The van der Waals surface area contributed by atoms with Gasteiger partial charge in [-0.1, -0.05) is 0 Å². The van der Waals surface area contributed by atoms with E-state index in [4.69, 9.17) is 5.73 Å². The van der Waals surface area contributed by atoms with Crippen LogP contribution in [0.3, 0.4) is 0 Å². The first-order chi connectivity index (χ1) is 9.25. The van der Waals surface area contributed by atoms with E-state index in [0.29, 0.717) is 0 Å². The molecular weight excluding hydrogens is 262 g/mol. The topological polar surface area (TPSA) is 67.6 Å². The van der Waals surface area contributed by atoms with Gasteiger partial charge in [0.15, 0.2) is 0 Å². The summed E-state index contributed by atoms with van der Waals surface area (Å²) in [4.78, 5) is 0. The van der Waals surface area contributed by atoms with Crippen LogP contribution in [0.4, 0.5) is 14.6 Å². The summed E-state index contributed by atoms with van der Waals surface area (Å²) in [7, 11) is 0. The number of hydrogen-bond acceptors (Lipinski definition) is 3. The van der Waals surface area contributed by atoms with E-state index in [2.05, 4.69) is 5.10 Å². The number of nitriles is 1. The quantitative estimate of drug-likeness (QED) is 0.870. The summed E-state index contributed by atoms with van der Waals surface area (Å²) in [6.45, 7) is 5.59. The van der Waals surface area contributed by atoms with Crippen molar-refractivity contribution >= 4 is 5.82 Å². The van der Waals surface area contributed by atoms with Crippen LogP contribution in [0.2, 0.25) is 0 Å². The van der Waals surface area contributed by atoms with Crippen molar-refractivity contribution in [1.82, 2.24) is 9.78 Å². The Kier molecular flexibility index (Phi) is 3.22. The smallest absolute Gasteiger partial charge is 0.141 e. The lowest BCUT2D eigenvalue weighted by molar-refractivity contribution is 0.362. The fourth-order valence-electron chi connectivity index (χ4n) is 1.92. The monoisotopic (exact) mass is 276 g/mol. The van der Waals surface area contributed by atoms with Crippen molar-refractivity contribution in [3.05, 3.63) is 35.4 Å². The molecule has 0 fully saturated rings. The van der Waals surface area contributed by atoms with E-state index in [-0.39, 0.29) is 22.6 Å². The molecule has 1 aromatic heterocycles. The summed E-state index contributed by atoms with van der Waals surface area (Å²) in [5.41, 5.74) is 5.71. The van der Waals surface area contributed by atoms with Crippen LogP contribution in [-0.2, 0) is 5.54 Å². The van der Waals surface area contributed by atoms with E-state index in [1.54, 1.807) is 0 Å². The van der Waals surface area contributed by atoms with Gasteiger partial charge >= 0.3 is 0 Å². The molecule has 0 aliphatic carbocycles. The van der Waals surface area contributed by atoms with Crippen molar-refractivity contribution in [2.24, 2.45) is 0 Å². The van der Waals surface area contributed by atoms with Gasteiger partial charge in [-0.05, 0) is 32.9 Å². The summed E-state index contributed by atoms with van der Waals surface area (Å²) in [5.74, 6) is -1.30. The standard InChI is InChI=1S/C14H14F2N4/c1-14(2,3)20-13(18)10(7-17)12(19-20)9-5-4-8(15)6-11(9)16/h4-6H,18H2,1-3H3. The second-order valence-electron chi connectivity index (χ2n) is 5.43. The number of nitrogens with zero attached hydrogens (tertiary/aromatic N) is 3. The Labute approximate surface area is 115 Å². The lowest BCUT2D eigenvalue weighted by atomic mass is 10.1. The average molecular weight is 276 g/mol. The highest BCUT2D eigenvalue weighted by Crippen LogP contribution is 2.31. The molecular formula is C14H14F2N4. The zero-order valence-electron chi connectivity index (χ0n) is 11.4. The van der Waals surface area contributed by atoms with Crippen molar-refractivity contribution in [2.45, 2.75) is 26.3 Å². The Bertz CT molecular complexity index is 705. The summed E-state index contributed by atoms with van der Waals surface area (Å²) in [6.07, 6.45) is 0. The molecule has 0 bridgehead atoms. The van der Waals surface area contributed by atoms with Crippen LogP contribution in [0.1, 0.15) is 26.3 Å². The molecule has 0 aliphatic heterocycles. The van der Waals surface area contributed by atoms with Gasteiger partial charge in [-0.15, -0.1) is 0 Å². The second-order valence-corrected chi connectivity index (χ2v) is 5.43. The van der Waals surface area contributed by atoms with Crippen LogP contribution >= 0.6 is 0 Å². The van der Waals surface area contributed by atoms with E-state index >= 15 is 0 Å². The SMILES string of the molecule is CC(C)(C)n1nc(-c2ccc(F)cc2F)c(C#N)c1N. The number of hydrogen-bond donors (Lipinski definition) is 1. The third-order valence-electron chi connectivity index (χ3n) is 2.85. The van der Waals surface area contributed by atoms with Crippen LogP contribution in [0.5, 0.6) is 0 Å². The van der Waals surface area contributed by atoms with E-state index in [9.17, 15) is 14.0 Å². The molecule has 0 atom stereocenters. The fourth-order valence-corrected chi connectivity index (χ4v) is 1.92. The highest BCUT2D eigenvalue weighted by Gasteiger charge is 2.25. The number of anilines is 1. The van der Waals surface area contributed by atoms with Crippen molar-refractivity contribution < 1.29 is 8.78 Å². The molecule has 0 amide bonds. The molecule has 1 aromatic carbocycles. The summed E-state index contributed by atoms with van der Waals surface area (Å²) < 4.78 is 28.3. The first-order valence-electron chi connectivity index (χ1n) is 6.00. The van der Waals surface area contributed by atoms with Gasteiger partial charge in [0.2, 0.25) is 0 Å². The Balaban J connectivity index is 2.72. The normalized spacial score (nSPS) is 11.4. The van der Waals surface area contributed by atoms with Crippen LogP contribution in [0.15, 0.2) is 18.2 Å². The number of rotatable bonds is 1. The van der Waals surface area contributed by atoms with Gasteiger partial charge < -0.3 is 5.73 Å². The minimum Gasteiger partial charge on any atom is -0.383 e. The van der Waals surface area contributed by atoms with Gasteiger partial charge in [0.05, 0.1) is 5.54 Å². The van der Waals surface area contributed by atoms with Gasteiger partial charge in [-0.25, -0.2) is 13.5 Å². The van der Waals surface area contributed by atoms with E-state index in [1.165, 1.54) is 10.7 Å². The Morgan fingerprint density at radius 2 is 1.95 bits per heavy atom. The van der Waals surface area contributed by atoms with Crippen molar-refractivity contribution in [3.8, 4) is 17.3 Å². The zero-order valence-corrected chi connectivity index (χ0v) is 11.4. The Morgan fingerprint density at radius 1 is 1.30 bits per heavy atom. The van der Waals surface area contributed by atoms with Gasteiger partial charge in [0.1, 0.15) is 34.8 Å². The van der Waals surface area contributed by atoms with E-state index in [0.717, 1.165) is 12.1 Å². The summed E-state index contributed by atoms with van der Waals surface area (Å²) >= 11 is 0. The predicted octanol–water partition coefficient (Wildman–Crippen LogP) is 3.04. The zero-order chi connectivity index (χ0) is 15.1. The van der Waals surface area contributed by atoms with Gasteiger partial charge in [0.25, 0.3) is 0 Å². The molecule has 104 valence electrons. The molecule has 0 radical (unpaired) electrons. The van der Waals surface area contributed by atoms with E-state index in [1.807, 2.05) is 26.8 Å². The molecule has 0 spiro atoms. The molecule has 2 rings (SSSR count). The summed E-state index contributed by atoms with van der Waals surface area (Å²) in [6, 6.07) is 5.05. The van der Waals surface area contributed by atoms with Gasteiger partial charge in [-0.2, -0.15) is 10.4 Å². The molecule has 2 aromatic rings. The van der Waals surface area contributed by atoms with Crippen LogP contribution in [0.25, 0.3) is 11.3 Å². The molecule has 20 heavy (non-hydrogen) atoms. The molecule has 1 heterocycles. The molecule has 0 unspecified atom stereocenters. The number of halogens is 2. The second kappa shape index (κ2) is 4.60. The van der Waals surface area contributed by atoms with Gasteiger partial charge in [0, 0.05) is 11.6 Å². The molecule has 0 aliphatic rings. The van der Waals surface area contributed by atoms with E-state index < -0.39 is 17.2 Å². The lowest BCUT2D eigenvalue weighted by Gasteiger charge is -2.20. The maximum atomic E-state index is 13.9. The molecule has 0 saturated carbocycles. The fraction of sp³-hybridized carbons (Fsp3) is 0.286. The van der Waals surface area contributed by atoms with Crippen LogP contribution in [0, 0.1) is 23.0 Å². The average Bonchev–Trinajstić information content (AvgIpc) is 2.65. The van der Waals surface area contributed by atoms with Crippen molar-refractivity contribution in [3.63, 3.8) is 0 Å². The largest absolute Gasteiger partial charge is 0.383 e. The maximum Gasteiger partial charge on any atom is 0.141 e. The third-order valence-corrected chi connectivity index (χ3v) is 2.85. The highest BCUT2D eigenvalue weighted by atomic mass is 19.1. The minimum atomic E-state index is -0.778. The number of benzene rings is 1. The van der Waals surface area contributed by atoms with Crippen molar-refractivity contribution in [2.75, 3.05) is 5.73 Å². The Morgan fingerprint density at radius 3 is 2.45 bits per heavy atom.